The van der Waals surface area contributed by atoms with Gasteiger partial charge in [-0.05, 0) is 43.7 Å². The van der Waals surface area contributed by atoms with Crippen molar-refractivity contribution in [1.29, 1.82) is 0 Å². The highest BCUT2D eigenvalue weighted by molar-refractivity contribution is 7.15. The van der Waals surface area contributed by atoms with Crippen LogP contribution in [-0.4, -0.2) is 37.5 Å². The van der Waals surface area contributed by atoms with E-state index in [4.69, 9.17) is 14.2 Å². The third kappa shape index (κ3) is 3.74. The highest BCUT2D eigenvalue weighted by Gasteiger charge is 2.43. The van der Waals surface area contributed by atoms with E-state index in [1.165, 1.54) is 44.8 Å². The molecule has 0 fully saturated rings. The highest BCUT2D eigenvalue weighted by Crippen LogP contribution is 2.45. The topological polar surface area (TPSA) is 85.2 Å². The lowest BCUT2D eigenvalue weighted by Crippen LogP contribution is -2.36. The Balaban J connectivity index is 2.17. The minimum atomic E-state index is -2.28. The molecule has 0 aliphatic rings. The molecule has 0 spiro atoms. The lowest BCUT2D eigenvalue weighted by Gasteiger charge is -2.24. The average Bonchev–Trinajstić information content (AvgIpc) is 3.21. The predicted molar refractivity (Wildman–Crippen MR) is 116 cm³/mol. The van der Waals surface area contributed by atoms with Crippen LogP contribution in [-0.2, 0) is 10.4 Å². The average molecular weight is 429 g/mol. The number of benzene rings is 2. The van der Waals surface area contributed by atoms with Crippen molar-refractivity contribution >= 4 is 17.3 Å². The monoisotopic (exact) mass is 428 g/mol. The van der Waals surface area contributed by atoms with Crippen LogP contribution in [0.5, 0.6) is 17.2 Å². The Labute approximate surface area is 179 Å². The highest BCUT2D eigenvalue weighted by atomic mass is 32.1. The van der Waals surface area contributed by atoms with Gasteiger partial charge in [-0.2, -0.15) is 0 Å². The fraction of sp³-hybridized carbons (Fsp3) is 0.261. The standard InChI is InChI=1S/C23H24O6S/c1-13-8-14(2)10-15(9-13)19-6-7-20(30-19)23(26,22(24)25)16-11-17(27-3)21(29-5)18(12-16)28-4/h6-12,26H,1-5H3,(H,24,25). The van der Waals surface area contributed by atoms with Crippen molar-refractivity contribution in [3.05, 3.63) is 64.0 Å². The lowest BCUT2D eigenvalue weighted by atomic mass is 9.91. The predicted octanol–water partition coefficient (Wildman–Crippen LogP) is 4.38. The zero-order chi connectivity index (χ0) is 22.1. The van der Waals surface area contributed by atoms with E-state index < -0.39 is 11.6 Å². The van der Waals surface area contributed by atoms with Gasteiger partial charge in [0.2, 0.25) is 11.4 Å². The molecule has 6 nitrogen and oxygen atoms in total. The number of methoxy groups -OCH3 is 3. The summed E-state index contributed by atoms with van der Waals surface area (Å²) in [6.45, 7) is 4.02. The lowest BCUT2D eigenvalue weighted by molar-refractivity contribution is -0.154. The summed E-state index contributed by atoms with van der Waals surface area (Å²) in [6.07, 6.45) is 0. The van der Waals surface area contributed by atoms with Crippen molar-refractivity contribution in [3.63, 3.8) is 0 Å². The van der Waals surface area contributed by atoms with Crippen molar-refractivity contribution in [2.75, 3.05) is 21.3 Å². The molecule has 30 heavy (non-hydrogen) atoms. The first kappa shape index (κ1) is 21.7. The Morgan fingerprint density at radius 3 is 1.93 bits per heavy atom. The minimum Gasteiger partial charge on any atom is -0.493 e. The summed E-state index contributed by atoms with van der Waals surface area (Å²) < 4.78 is 16.0. The van der Waals surface area contributed by atoms with E-state index in [1.54, 1.807) is 6.07 Å². The van der Waals surface area contributed by atoms with Crippen LogP contribution in [0.15, 0.2) is 42.5 Å². The van der Waals surface area contributed by atoms with Crippen LogP contribution < -0.4 is 14.2 Å². The molecule has 1 atom stereocenters. The Morgan fingerprint density at radius 1 is 0.900 bits per heavy atom. The molecule has 0 radical (unpaired) electrons. The molecule has 3 aromatic rings. The summed E-state index contributed by atoms with van der Waals surface area (Å²) in [7, 11) is 4.33. The van der Waals surface area contributed by atoms with E-state index in [2.05, 4.69) is 6.07 Å². The third-order valence-electron chi connectivity index (χ3n) is 4.86. The summed E-state index contributed by atoms with van der Waals surface area (Å²) in [6, 6.07) is 12.5. The number of ether oxygens (including phenoxy) is 3. The Hall–Kier alpha value is -3.03. The van der Waals surface area contributed by atoms with Crippen molar-refractivity contribution in [2.45, 2.75) is 19.4 Å². The summed E-state index contributed by atoms with van der Waals surface area (Å²) in [4.78, 5) is 13.4. The van der Waals surface area contributed by atoms with Crippen LogP contribution in [0.3, 0.4) is 0 Å². The molecular formula is C23H24O6S. The van der Waals surface area contributed by atoms with Gasteiger partial charge in [0.25, 0.3) is 0 Å². The van der Waals surface area contributed by atoms with Crippen LogP contribution in [0.4, 0.5) is 0 Å². The van der Waals surface area contributed by atoms with Gasteiger partial charge in [0.05, 0.1) is 26.2 Å². The first-order valence-corrected chi connectivity index (χ1v) is 10.0. The van der Waals surface area contributed by atoms with E-state index in [0.717, 1.165) is 21.6 Å². The van der Waals surface area contributed by atoms with Gasteiger partial charge in [-0.15, -0.1) is 11.3 Å². The van der Waals surface area contributed by atoms with Crippen LogP contribution in [0.25, 0.3) is 10.4 Å². The Bertz CT molecular complexity index is 1040. The van der Waals surface area contributed by atoms with Crippen molar-refractivity contribution < 1.29 is 29.2 Å². The summed E-state index contributed by atoms with van der Waals surface area (Å²) >= 11 is 1.23. The number of carbonyl (C=O) groups is 1. The van der Waals surface area contributed by atoms with Crippen LogP contribution in [0, 0.1) is 13.8 Å². The molecule has 1 aromatic heterocycles. The van der Waals surface area contributed by atoms with Gasteiger partial charge in [-0.1, -0.05) is 29.3 Å². The number of aliphatic hydroxyl groups is 1. The molecule has 2 aromatic carbocycles. The Morgan fingerprint density at radius 2 is 1.47 bits per heavy atom. The van der Waals surface area contributed by atoms with Gasteiger partial charge in [0.15, 0.2) is 11.5 Å². The summed E-state index contributed by atoms with van der Waals surface area (Å²) in [5.41, 5.74) is 1.02. The number of aryl methyl sites for hydroxylation is 2. The first-order chi connectivity index (χ1) is 14.2. The zero-order valence-corrected chi connectivity index (χ0v) is 18.3. The quantitative estimate of drug-likeness (QED) is 0.581. The number of rotatable bonds is 7. The summed E-state index contributed by atoms with van der Waals surface area (Å²) in [5, 5.41) is 21.4. The molecule has 0 saturated heterocycles. The SMILES string of the molecule is COc1cc(C(O)(C(=O)O)c2ccc(-c3cc(C)cc(C)c3)s2)cc(OC)c1OC. The molecule has 0 aliphatic heterocycles. The van der Waals surface area contributed by atoms with E-state index in [0.29, 0.717) is 5.75 Å². The van der Waals surface area contributed by atoms with Gasteiger partial charge in [0, 0.05) is 10.4 Å². The van der Waals surface area contributed by atoms with Gasteiger partial charge in [0.1, 0.15) is 0 Å². The number of carboxylic acid groups (broad SMARTS) is 1. The molecule has 1 unspecified atom stereocenters. The maximum atomic E-state index is 12.3. The zero-order valence-electron chi connectivity index (χ0n) is 17.5. The first-order valence-electron chi connectivity index (χ1n) is 9.19. The van der Waals surface area contributed by atoms with Crippen LogP contribution in [0.1, 0.15) is 21.6 Å². The number of carboxylic acids is 1. The third-order valence-corrected chi connectivity index (χ3v) is 6.10. The van der Waals surface area contributed by atoms with E-state index >= 15 is 0 Å². The van der Waals surface area contributed by atoms with Crippen LogP contribution in [0.2, 0.25) is 0 Å². The molecule has 0 aliphatic carbocycles. The molecule has 158 valence electrons. The Kier molecular flexibility index (Phi) is 6.05. The molecule has 1 heterocycles. The fourth-order valence-electron chi connectivity index (χ4n) is 3.47. The minimum absolute atomic E-state index is 0.110. The second-order valence-corrected chi connectivity index (χ2v) is 8.05. The second kappa shape index (κ2) is 8.38. The number of hydrogen-bond acceptors (Lipinski definition) is 6. The van der Waals surface area contributed by atoms with Crippen molar-refractivity contribution in [2.24, 2.45) is 0 Å². The van der Waals surface area contributed by atoms with Gasteiger partial charge in [-0.25, -0.2) is 4.79 Å². The van der Waals surface area contributed by atoms with Crippen molar-refractivity contribution in [1.82, 2.24) is 0 Å². The molecule has 0 saturated carbocycles. The molecule has 3 rings (SSSR count). The second-order valence-electron chi connectivity index (χ2n) is 6.97. The summed E-state index contributed by atoms with van der Waals surface area (Å²) in [5.74, 6) is -0.556. The molecule has 7 heteroatoms. The van der Waals surface area contributed by atoms with E-state index in [9.17, 15) is 15.0 Å². The normalized spacial score (nSPS) is 12.9. The van der Waals surface area contributed by atoms with E-state index in [-0.39, 0.29) is 21.9 Å². The van der Waals surface area contributed by atoms with Gasteiger partial charge >= 0.3 is 5.97 Å². The maximum absolute atomic E-state index is 12.3. The van der Waals surface area contributed by atoms with Gasteiger partial charge < -0.3 is 24.4 Å². The molecular weight excluding hydrogens is 404 g/mol. The number of thiophene rings is 1. The molecule has 2 N–H and O–H groups in total. The van der Waals surface area contributed by atoms with Crippen molar-refractivity contribution in [3.8, 4) is 27.7 Å². The maximum Gasteiger partial charge on any atom is 0.346 e. The number of aliphatic carboxylic acids is 1. The smallest absolute Gasteiger partial charge is 0.346 e. The van der Waals surface area contributed by atoms with E-state index in [1.807, 2.05) is 32.0 Å². The van der Waals surface area contributed by atoms with Gasteiger partial charge in [-0.3, -0.25) is 0 Å². The molecule has 0 amide bonds. The molecule has 0 bridgehead atoms. The fourth-order valence-corrected chi connectivity index (χ4v) is 4.56. The number of hydrogen-bond donors (Lipinski definition) is 2. The largest absolute Gasteiger partial charge is 0.493 e. The van der Waals surface area contributed by atoms with Crippen LogP contribution >= 0.6 is 11.3 Å².